The number of benzene rings is 2. The van der Waals surface area contributed by atoms with E-state index >= 15 is 8.78 Å². The average molecular weight is 823 g/mol. The minimum Gasteiger partial charge on any atom is -0.508 e. The Morgan fingerprint density at radius 2 is 1.78 bits per heavy atom. The van der Waals surface area contributed by atoms with Crippen molar-refractivity contribution in [2.24, 2.45) is 0 Å². The number of fused-ring (bicyclic) bond motifs is 2. The summed E-state index contributed by atoms with van der Waals surface area (Å²) in [6, 6.07) is 11.0. The molecule has 3 aromatic heterocycles. The maximum absolute atomic E-state index is 17.7. The molecule has 0 saturated carbocycles. The molecule has 0 aliphatic carbocycles. The first kappa shape index (κ1) is 40.7. The molecule has 1 unspecified atom stereocenters. The Kier molecular flexibility index (Phi) is 10.7. The smallest absolute Gasteiger partial charge is 0.225 e. The lowest BCUT2D eigenvalue weighted by Crippen LogP contribution is -2.43. The largest absolute Gasteiger partial charge is 0.508 e. The van der Waals surface area contributed by atoms with Gasteiger partial charge in [0.1, 0.15) is 56.1 Å². The van der Waals surface area contributed by atoms with Gasteiger partial charge in [-0.2, -0.15) is 0 Å². The van der Waals surface area contributed by atoms with E-state index < -0.39 is 31.4 Å². The van der Waals surface area contributed by atoms with E-state index in [0.717, 1.165) is 24.9 Å². The van der Waals surface area contributed by atoms with E-state index in [-0.39, 0.29) is 59.1 Å². The molecular weight excluding hydrogens is 770 g/mol. The van der Waals surface area contributed by atoms with Gasteiger partial charge in [0.2, 0.25) is 11.8 Å². The number of nitrogens with two attached hydrogens (primary N) is 1. The number of hydrogen-bond acceptors (Lipinski definition) is 9. The standard InChI is InChI=1S/C46H53F3N6O3Si/c1-26(2)59(27(3)4,28(5)6)19-13-34-36(48)12-11-30-20-32(56)21-35(39(30)34)42-41(49)43-40-37(22-38(52-43)58-25-46-14-9-16-54(46)24-31(47)23-46)55(17-18-57-45(40)53-42)29(7)33-10-8-15-51-44(33)50/h8,10-12,15,20-22,26-29,31,56H,9,14,16-18,23-25H2,1-7H3,(H2,50,51)/t29?,31-,46+/m1/s1. The maximum atomic E-state index is 17.7. The van der Waals surface area contributed by atoms with E-state index in [0.29, 0.717) is 63.8 Å². The Hall–Kier alpha value is -5.06. The Balaban J connectivity index is 1.35. The summed E-state index contributed by atoms with van der Waals surface area (Å²) in [6.45, 7) is 17.0. The summed E-state index contributed by atoms with van der Waals surface area (Å²) >= 11 is 0. The van der Waals surface area contributed by atoms with Crippen molar-refractivity contribution in [2.75, 3.05) is 43.5 Å². The molecule has 6 heterocycles. The molecular formula is C46H53F3N6O3Si. The molecule has 0 bridgehead atoms. The highest BCUT2D eigenvalue weighted by Gasteiger charge is 2.49. The van der Waals surface area contributed by atoms with Gasteiger partial charge in [0, 0.05) is 41.7 Å². The van der Waals surface area contributed by atoms with Crippen LogP contribution in [0, 0.1) is 23.1 Å². The highest BCUT2D eigenvalue weighted by Crippen LogP contribution is 2.47. The van der Waals surface area contributed by atoms with Crippen LogP contribution in [-0.4, -0.2) is 77.6 Å². The van der Waals surface area contributed by atoms with Gasteiger partial charge in [0.25, 0.3) is 0 Å². The second kappa shape index (κ2) is 15.5. The normalized spacial score (nSPS) is 19.9. The van der Waals surface area contributed by atoms with E-state index in [2.05, 4.69) is 67.8 Å². The number of aromatic nitrogens is 3. The lowest BCUT2D eigenvalue weighted by Gasteiger charge is -2.38. The zero-order valence-corrected chi connectivity index (χ0v) is 35.9. The summed E-state index contributed by atoms with van der Waals surface area (Å²) in [4.78, 5) is 18.2. The molecule has 2 aromatic carbocycles. The van der Waals surface area contributed by atoms with E-state index in [1.54, 1.807) is 18.3 Å². The van der Waals surface area contributed by atoms with E-state index in [4.69, 9.17) is 25.2 Å². The molecule has 8 rings (SSSR count). The summed E-state index contributed by atoms with van der Waals surface area (Å²) in [6.07, 6.45) is 2.77. The van der Waals surface area contributed by atoms with Crippen molar-refractivity contribution in [2.45, 2.75) is 102 Å². The number of phenols is 1. The number of ether oxygens (including phenoxy) is 2. The van der Waals surface area contributed by atoms with E-state index in [9.17, 15) is 9.50 Å². The van der Waals surface area contributed by atoms with Crippen LogP contribution >= 0.6 is 0 Å². The fourth-order valence-electron chi connectivity index (χ4n) is 10.5. The van der Waals surface area contributed by atoms with Gasteiger partial charge >= 0.3 is 0 Å². The number of rotatable bonds is 9. The van der Waals surface area contributed by atoms with Crippen LogP contribution in [0.5, 0.6) is 17.5 Å². The number of halogens is 3. The summed E-state index contributed by atoms with van der Waals surface area (Å²) in [5.41, 5.74) is 11.8. The molecule has 13 heteroatoms. The van der Waals surface area contributed by atoms with Gasteiger partial charge in [-0.15, -0.1) is 5.54 Å². The Bertz CT molecular complexity index is 2480. The van der Waals surface area contributed by atoms with Crippen molar-refractivity contribution in [3.05, 3.63) is 71.4 Å². The molecule has 9 nitrogen and oxygen atoms in total. The van der Waals surface area contributed by atoms with Gasteiger partial charge < -0.3 is 25.2 Å². The van der Waals surface area contributed by atoms with Crippen LogP contribution in [0.15, 0.2) is 48.7 Å². The molecule has 2 saturated heterocycles. The van der Waals surface area contributed by atoms with Crippen LogP contribution in [0.1, 0.15) is 84.9 Å². The molecule has 3 N–H and O–H groups in total. The van der Waals surface area contributed by atoms with Gasteiger partial charge in [0.05, 0.1) is 34.8 Å². The number of hydrogen-bond donors (Lipinski definition) is 2. The third kappa shape index (κ3) is 6.91. The third-order valence-corrected chi connectivity index (χ3v) is 19.6. The Labute approximate surface area is 345 Å². The first-order chi connectivity index (χ1) is 28.1. The second-order valence-electron chi connectivity index (χ2n) is 17.5. The molecule has 59 heavy (non-hydrogen) atoms. The minimum atomic E-state index is -2.33. The van der Waals surface area contributed by atoms with Crippen molar-refractivity contribution in [1.29, 1.82) is 0 Å². The lowest BCUT2D eigenvalue weighted by atomic mass is 9.95. The Morgan fingerprint density at radius 1 is 1.02 bits per heavy atom. The average Bonchev–Trinajstić information content (AvgIpc) is 3.65. The van der Waals surface area contributed by atoms with Crippen LogP contribution in [0.3, 0.4) is 0 Å². The first-order valence-corrected chi connectivity index (χ1v) is 23.0. The topological polar surface area (TPSA) is 110 Å². The number of aromatic hydroxyl groups is 1. The quantitative estimate of drug-likeness (QED) is 0.111. The monoisotopic (exact) mass is 822 g/mol. The summed E-state index contributed by atoms with van der Waals surface area (Å²) < 4.78 is 61.6. The number of alkyl halides is 1. The number of nitrogen functional groups attached to an aromatic ring is 1. The fourth-order valence-corrected chi connectivity index (χ4v) is 15.7. The van der Waals surface area contributed by atoms with Crippen molar-refractivity contribution in [3.63, 3.8) is 0 Å². The molecule has 0 amide bonds. The lowest BCUT2D eigenvalue weighted by molar-refractivity contribution is 0.111. The Morgan fingerprint density at radius 3 is 2.51 bits per heavy atom. The molecule has 3 aliphatic rings. The van der Waals surface area contributed by atoms with Gasteiger partial charge in [-0.05, 0) is 72.6 Å². The fraction of sp³-hybridized carbons (Fsp3) is 0.457. The van der Waals surface area contributed by atoms with E-state index in [1.165, 1.54) is 18.2 Å². The molecule has 310 valence electrons. The number of phenolic OH excluding ortho intramolecular Hbond substituents is 1. The zero-order valence-electron chi connectivity index (χ0n) is 34.9. The van der Waals surface area contributed by atoms with Crippen molar-refractivity contribution >= 4 is 41.3 Å². The minimum absolute atomic E-state index is 0.0716. The molecule has 3 aliphatic heterocycles. The number of pyridine rings is 3. The predicted octanol–water partition coefficient (Wildman–Crippen LogP) is 9.90. The number of anilines is 2. The van der Waals surface area contributed by atoms with Gasteiger partial charge in [-0.25, -0.2) is 28.1 Å². The van der Waals surface area contributed by atoms with Crippen LogP contribution in [0.25, 0.3) is 32.9 Å². The van der Waals surface area contributed by atoms with Crippen molar-refractivity contribution in [1.82, 2.24) is 19.9 Å². The summed E-state index contributed by atoms with van der Waals surface area (Å²) in [7, 11) is -2.33. The zero-order chi connectivity index (χ0) is 42.0. The van der Waals surface area contributed by atoms with E-state index in [1.807, 2.05) is 19.1 Å². The van der Waals surface area contributed by atoms with Crippen LogP contribution in [0.2, 0.25) is 16.6 Å². The SMILES string of the molecule is CC(c1cccnc1N)N1CCOc2nc(-c3cc(O)cc4ccc(F)c(C#C[Si](C(C)C)(C(C)C)C(C)C)c34)c(F)c3nc(OC[C@@]45CCCN4C[C@H](F)C5)cc1c23. The third-order valence-electron chi connectivity index (χ3n) is 13.3. The van der Waals surface area contributed by atoms with Crippen molar-refractivity contribution in [3.8, 4) is 40.2 Å². The van der Waals surface area contributed by atoms with Gasteiger partial charge in [0.15, 0.2) is 5.82 Å². The van der Waals surface area contributed by atoms with Gasteiger partial charge in [-0.3, -0.25) is 4.90 Å². The maximum Gasteiger partial charge on any atom is 0.225 e. The predicted molar refractivity (Wildman–Crippen MR) is 230 cm³/mol. The molecule has 2 fully saturated rings. The molecule has 0 radical (unpaired) electrons. The van der Waals surface area contributed by atoms with Gasteiger partial charge in [-0.1, -0.05) is 59.6 Å². The molecule has 3 atom stereocenters. The van der Waals surface area contributed by atoms with Crippen LogP contribution in [0.4, 0.5) is 24.7 Å². The van der Waals surface area contributed by atoms with Crippen LogP contribution in [-0.2, 0) is 0 Å². The molecule has 0 spiro atoms. The van der Waals surface area contributed by atoms with Crippen LogP contribution < -0.4 is 20.1 Å². The highest BCUT2D eigenvalue weighted by atomic mass is 28.3. The first-order valence-electron chi connectivity index (χ1n) is 20.8. The molecule has 5 aromatic rings. The number of nitrogens with zero attached hydrogens (tertiary/aromatic N) is 5. The highest BCUT2D eigenvalue weighted by molar-refractivity contribution is 6.90. The summed E-state index contributed by atoms with van der Waals surface area (Å²) in [5, 5.41) is 12.2. The summed E-state index contributed by atoms with van der Waals surface area (Å²) in [5.74, 6) is 2.44. The van der Waals surface area contributed by atoms with Crippen molar-refractivity contribution < 1.29 is 27.8 Å². The second-order valence-corrected chi connectivity index (χ2v) is 23.1.